The van der Waals surface area contributed by atoms with Crippen LogP contribution in [-0.2, 0) is 24.3 Å². The van der Waals surface area contributed by atoms with Crippen LogP contribution in [0.15, 0.2) is 107 Å². The summed E-state index contributed by atoms with van der Waals surface area (Å²) in [4.78, 5) is 26.5. The van der Waals surface area contributed by atoms with E-state index in [2.05, 4.69) is 6.07 Å². The van der Waals surface area contributed by atoms with E-state index >= 15 is 0 Å². The lowest BCUT2D eigenvalue weighted by Gasteiger charge is -2.34. The lowest BCUT2D eigenvalue weighted by molar-refractivity contribution is -0.136. The highest BCUT2D eigenvalue weighted by Crippen LogP contribution is 2.33. The maximum Gasteiger partial charge on any atom is 0.338 e. The second kappa shape index (κ2) is 12.3. The summed E-state index contributed by atoms with van der Waals surface area (Å²) in [6, 6.07) is 29.1. The highest BCUT2D eigenvalue weighted by Gasteiger charge is 2.35. The third-order valence-electron chi connectivity index (χ3n) is 7.85. The van der Waals surface area contributed by atoms with Crippen LogP contribution in [0.5, 0.6) is 0 Å². The molecule has 0 N–H and O–H groups in total. The molecule has 2 aliphatic heterocycles. The van der Waals surface area contributed by atoms with Crippen molar-refractivity contribution in [2.75, 3.05) is 19.7 Å². The SMILES string of the molecule is C[C@H]1CN(S(=O)(=O)c2cccc(C(=O)OCC(=O)N3N=C(c4ccc5ccccc5c4)C[C@H]3c3ccccc3)c2)C[C@H](C)O1. The topological polar surface area (TPSA) is 106 Å². The van der Waals surface area contributed by atoms with Gasteiger partial charge in [0.25, 0.3) is 5.91 Å². The molecule has 9 nitrogen and oxygen atoms in total. The van der Waals surface area contributed by atoms with E-state index in [1.54, 1.807) is 0 Å². The second-order valence-corrected chi connectivity index (χ2v) is 13.1. The van der Waals surface area contributed by atoms with E-state index in [4.69, 9.17) is 14.6 Å². The molecule has 0 aliphatic carbocycles. The van der Waals surface area contributed by atoms with Crippen molar-refractivity contribution < 1.29 is 27.5 Å². The molecule has 0 radical (unpaired) electrons. The van der Waals surface area contributed by atoms with E-state index < -0.39 is 28.5 Å². The summed E-state index contributed by atoms with van der Waals surface area (Å²) < 4.78 is 39.1. The Morgan fingerprint density at radius 2 is 1.57 bits per heavy atom. The number of nitrogens with zero attached hydrogens (tertiary/aromatic N) is 3. The standard InChI is InChI=1S/C34H33N3O6S/c1-23-20-36(21-24(2)43-23)44(40,41)30-14-8-13-29(18-30)34(39)42-22-33(38)37-32(26-10-4-3-5-11-26)19-31(35-37)28-16-15-25-9-6-7-12-27(25)17-28/h3-18,23-24,32H,19-22H2,1-2H3/t23-,24-,32-/m0/s1. The fourth-order valence-corrected chi connectivity index (χ4v) is 7.39. The summed E-state index contributed by atoms with van der Waals surface area (Å²) in [5.41, 5.74) is 2.62. The number of hydrazone groups is 1. The number of rotatable bonds is 7. The highest BCUT2D eigenvalue weighted by atomic mass is 32.2. The van der Waals surface area contributed by atoms with Crippen molar-refractivity contribution in [3.8, 4) is 0 Å². The minimum Gasteiger partial charge on any atom is -0.452 e. The zero-order chi connectivity index (χ0) is 30.8. The van der Waals surface area contributed by atoms with E-state index in [0.717, 1.165) is 27.6 Å². The van der Waals surface area contributed by atoms with E-state index in [9.17, 15) is 18.0 Å². The van der Waals surface area contributed by atoms with Gasteiger partial charge in [0.2, 0.25) is 10.0 Å². The first-order valence-corrected chi connectivity index (χ1v) is 16.0. The van der Waals surface area contributed by atoms with Gasteiger partial charge >= 0.3 is 5.97 Å². The molecule has 0 unspecified atom stereocenters. The number of carbonyl (C=O) groups excluding carboxylic acids is 2. The van der Waals surface area contributed by atoms with Gasteiger partial charge in [-0.2, -0.15) is 9.41 Å². The van der Waals surface area contributed by atoms with Gasteiger partial charge in [0, 0.05) is 19.5 Å². The van der Waals surface area contributed by atoms with Crippen LogP contribution in [0.2, 0.25) is 0 Å². The molecule has 6 rings (SSSR count). The number of morpholine rings is 1. The summed E-state index contributed by atoms with van der Waals surface area (Å²) in [5, 5.41) is 8.27. The van der Waals surface area contributed by atoms with Crippen molar-refractivity contribution in [2.45, 2.75) is 43.4 Å². The van der Waals surface area contributed by atoms with E-state index in [0.29, 0.717) is 6.42 Å². The lowest BCUT2D eigenvalue weighted by atomic mass is 9.97. The summed E-state index contributed by atoms with van der Waals surface area (Å²) in [5.74, 6) is -1.28. The van der Waals surface area contributed by atoms with Crippen LogP contribution < -0.4 is 0 Å². The van der Waals surface area contributed by atoms with Crippen molar-refractivity contribution in [2.24, 2.45) is 5.10 Å². The number of carbonyl (C=O) groups is 2. The minimum absolute atomic E-state index is 0.0205. The first kappa shape index (κ1) is 29.7. The van der Waals surface area contributed by atoms with Gasteiger partial charge in [0.1, 0.15) is 0 Å². The third-order valence-corrected chi connectivity index (χ3v) is 9.68. The monoisotopic (exact) mass is 611 g/mol. The smallest absolute Gasteiger partial charge is 0.338 e. The second-order valence-electron chi connectivity index (χ2n) is 11.2. The molecular formula is C34H33N3O6S. The Morgan fingerprint density at radius 1 is 0.864 bits per heavy atom. The van der Waals surface area contributed by atoms with Crippen molar-refractivity contribution in [1.29, 1.82) is 0 Å². The molecule has 2 heterocycles. The molecule has 2 aliphatic rings. The minimum atomic E-state index is -3.86. The van der Waals surface area contributed by atoms with Gasteiger partial charge in [-0.15, -0.1) is 0 Å². The Hall–Kier alpha value is -4.38. The molecule has 0 aromatic heterocycles. The fraction of sp³-hybridized carbons (Fsp3) is 0.265. The van der Waals surface area contributed by atoms with Crippen LogP contribution >= 0.6 is 0 Å². The number of amides is 1. The number of sulfonamides is 1. The van der Waals surface area contributed by atoms with Crippen LogP contribution in [0.25, 0.3) is 10.8 Å². The molecule has 0 bridgehead atoms. The molecule has 10 heteroatoms. The van der Waals surface area contributed by atoms with Gasteiger partial charge in [0.05, 0.1) is 34.4 Å². The Morgan fingerprint density at radius 3 is 2.32 bits per heavy atom. The number of esters is 1. The largest absolute Gasteiger partial charge is 0.452 e. The van der Waals surface area contributed by atoms with Gasteiger partial charge in [-0.25, -0.2) is 18.2 Å². The van der Waals surface area contributed by atoms with Crippen molar-refractivity contribution >= 4 is 38.4 Å². The van der Waals surface area contributed by atoms with E-state index in [1.807, 2.05) is 80.6 Å². The lowest BCUT2D eigenvalue weighted by Crippen LogP contribution is -2.48. The zero-order valence-corrected chi connectivity index (χ0v) is 25.3. The summed E-state index contributed by atoms with van der Waals surface area (Å²) in [6.07, 6.45) is 0.00515. The molecule has 0 saturated carbocycles. The molecule has 1 fully saturated rings. The highest BCUT2D eigenvalue weighted by molar-refractivity contribution is 7.89. The average molecular weight is 612 g/mol. The fourth-order valence-electron chi connectivity index (χ4n) is 5.75. The van der Waals surface area contributed by atoms with Crippen molar-refractivity contribution in [3.63, 3.8) is 0 Å². The Balaban J connectivity index is 1.19. The molecule has 44 heavy (non-hydrogen) atoms. The molecule has 4 aromatic carbocycles. The first-order chi connectivity index (χ1) is 21.2. The maximum absolute atomic E-state index is 13.5. The van der Waals surface area contributed by atoms with Crippen LogP contribution in [0.4, 0.5) is 0 Å². The number of hydrogen-bond acceptors (Lipinski definition) is 7. The van der Waals surface area contributed by atoms with Gasteiger partial charge in [-0.3, -0.25) is 4.79 Å². The maximum atomic E-state index is 13.5. The molecule has 1 saturated heterocycles. The van der Waals surface area contributed by atoms with Crippen LogP contribution in [0.1, 0.15) is 47.8 Å². The van der Waals surface area contributed by atoms with Crippen LogP contribution in [0, 0.1) is 0 Å². The number of ether oxygens (including phenoxy) is 2. The molecule has 226 valence electrons. The van der Waals surface area contributed by atoms with Crippen molar-refractivity contribution in [1.82, 2.24) is 9.31 Å². The van der Waals surface area contributed by atoms with Gasteiger partial charge in [0.15, 0.2) is 6.61 Å². The van der Waals surface area contributed by atoms with E-state index in [-0.39, 0.29) is 41.8 Å². The van der Waals surface area contributed by atoms with Crippen LogP contribution in [-0.4, -0.2) is 67.2 Å². The average Bonchev–Trinajstić information content (AvgIpc) is 3.49. The Bertz CT molecular complexity index is 1830. The predicted octanol–water partition coefficient (Wildman–Crippen LogP) is 5.17. The van der Waals surface area contributed by atoms with E-state index in [1.165, 1.54) is 33.6 Å². The quantitative estimate of drug-likeness (QED) is 0.267. The zero-order valence-electron chi connectivity index (χ0n) is 24.5. The van der Waals surface area contributed by atoms with Crippen LogP contribution in [0.3, 0.4) is 0 Å². The molecular weight excluding hydrogens is 578 g/mol. The summed E-state index contributed by atoms with van der Waals surface area (Å²) in [7, 11) is -3.86. The summed E-state index contributed by atoms with van der Waals surface area (Å²) >= 11 is 0. The number of fused-ring (bicyclic) bond motifs is 1. The van der Waals surface area contributed by atoms with Gasteiger partial charge in [-0.05, 0) is 60.0 Å². The number of benzene rings is 4. The summed E-state index contributed by atoms with van der Waals surface area (Å²) in [6.45, 7) is 3.53. The molecule has 3 atom stereocenters. The number of hydrogen-bond donors (Lipinski definition) is 0. The molecule has 0 spiro atoms. The van der Waals surface area contributed by atoms with Crippen molar-refractivity contribution in [3.05, 3.63) is 114 Å². The third kappa shape index (κ3) is 6.14. The molecule has 4 aromatic rings. The molecule has 1 amide bonds. The van der Waals surface area contributed by atoms with Gasteiger partial charge < -0.3 is 9.47 Å². The predicted molar refractivity (Wildman–Crippen MR) is 167 cm³/mol. The van der Waals surface area contributed by atoms with Gasteiger partial charge in [-0.1, -0.05) is 72.8 Å². The Labute approximate surface area is 256 Å². The first-order valence-electron chi connectivity index (χ1n) is 14.6. The normalized spacial score (nSPS) is 20.8. The Kier molecular flexibility index (Phi) is 8.31.